The number of aryl methyl sites for hydroxylation is 1. The van der Waals surface area contributed by atoms with Crippen LogP contribution >= 0.6 is 0 Å². The third-order valence-corrected chi connectivity index (χ3v) is 2.80. The summed E-state index contributed by atoms with van der Waals surface area (Å²) < 4.78 is 1.89. The van der Waals surface area contributed by atoms with E-state index in [2.05, 4.69) is 22.3 Å². The topological polar surface area (TPSA) is 42.7 Å². The lowest BCUT2D eigenvalue weighted by Crippen LogP contribution is -2.06. The van der Waals surface area contributed by atoms with Gasteiger partial charge >= 0.3 is 0 Å². The van der Waals surface area contributed by atoms with Crippen LogP contribution in [0.1, 0.15) is 11.3 Å². The molecule has 4 heteroatoms. The molecule has 0 aliphatic heterocycles. The molecule has 0 spiro atoms. The molecule has 0 bridgehead atoms. The van der Waals surface area contributed by atoms with Gasteiger partial charge in [-0.15, -0.1) is 0 Å². The predicted octanol–water partition coefficient (Wildman–Crippen LogP) is 1.51. The first-order valence-electron chi connectivity index (χ1n) is 5.30. The van der Waals surface area contributed by atoms with Gasteiger partial charge in [-0.2, -0.15) is 5.10 Å². The molecule has 0 aromatic carbocycles. The lowest BCUT2D eigenvalue weighted by molar-refractivity contribution is 0.740. The maximum atomic E-state index is 4.27. The van der Waals surface area contributed by atoms with Gasteiger partial charge in [-0.05, 0) is 31.2 Å². The summed E-state index contributed by atoms with van der Waals surface area (Å²) in [5.41, 5.74) is 4.75. The van der Waals surface area contributed by atoms with Crippen molar-refractivity contribution >= 4 is 0 Å². The summed E-state index contributed by atoms with van der Waals surface area (Å²) in [6.07, 6.45) is 5.63. The van der Waals surface area contributed by atoms with Gasteiger partial charge < -0.3 is 5.32 Å². The Morgan fingerprint density at radius 2 is 2.12 bits per heavy atom. The van der Waals surface area contributed by atoms with E-state index in [1.165, 1.54) is 22.4 Å². The van der Waals surface area contributed by atoms with Gasteiger partial charge in [-0.3, -0.25) is 9.67 Å². The minimum atomic E-state index is 0.817. The lowest BCUT2D eigenvalue weighted by Gasteiger charge is -2.07. The molecule has 0 aliphatic carbocycles. The van der Waals surface area contributed by atoms with Crippen LogP contribution in [0.15, 0.2) is 24.7 Å². The fraction of sp³-hybridized carbons (Fsp3) is 0.333. The normalized spacial score (nSPS) is 10.7. The highest BCUT2D eigenvalue weighted by Gasteiger charge is 2.10. The number of aromatic nitrogens is 3. The average molecular weight is 216 g/mol. The zero-order valence-electron chi connectivity index (χ0n) is 9.86. The highest BCUT2D eigenvalue weighted by Crippen LogP contribution is 2.25. The molecule has 0 amide bonds. The molecule has 0 fully saturated rings. The van der Waals surface area contributed by atoms with Crippen molar-refractivity contribution in [2.45, 2.75) is 13.5 Å². The van der Waals surface area contributed by atoms with Gasteiger partial charge in [0.2, 0.25) is 0 Å². The minimum absolute atomic E-state index is 0.817. The molecule has 0 aliphatic rings. The number of hydrogen-bond donors (Lipinski definition) is 1. The zero-order chi connectivity index (χ0) is 11.5. The van der Waals surface area contributed by atoms with Gasteiger partial charge in [0.25, 0.3) is 0 Å². The summed E-state index contributed by atoms with van der Waals surface area (Å²) in [5, 5.41) is 7.42. The van der Waals surface area contributed by atoms with E-state index in [1.54, 1.807) is 0 Å². The van der Waals surface area contributed by atoms with Crippen LogP contribution in [-0.4, -0.2) is 21.8 Å². The molecule has 0 saturated carbocycles. The molecule has 0 saturated heterocycles. The number of hydrogen-bond acceptors (Lipinski definition) is 3. The van der Waals surface area contributed by atoms with E-state index >= 15 is 0 Å². The van der Waals surface area contributed by atoms with Crippen LogP contribution in [0.25, 0.3) is 11.1 Å². The Hall–Kier alpha value is -1.68. The molecule has 84 valence electrons. The molecule has 16 heavy (non-hydrogen) atoms. The second-order valence-electron chi connectivity index (χ2n) is 3.83. The first kappa shape index (κ1) is 10.8. The average Bonchev–Trinajstić information content (AvgIpc) is 2.61. The van der Waals surface area contributed by atoms with Crippen LogP contribution in [0.2, 0.25) is 0 Å². The van der Waals surface area contributed by atoms with Crippen LogP contribution in [0.5, 0.6) is 0 Å². The van der Waals surface area contributed by atoms with Gasteiger partial charge in [-0.25, -0.2) is 0 Å². The summed E-state index contributed by atoms with van der Waals surface area (Å²) in [6.45, 7) is 2.89. The van der Waals surface area contributed by atoms with E-state index in [1.807, 2.05) is 43.4 Å². The second-order valence-corrected chi connectivity index (χ2v) is 3.83. The van der Waals surface area contributed by atoms with Gasteiger partial charge in [0.1, 0.15) is 0 Å². The number of nitrogens with one attached hydrogen (secondary N) is 1. The van der Waals surface area contributed by atoms with Gasteiger partial charge in [0.05, 0.1) is 6.20 Å². The molecule has 0 atom stereocenters. The van der Waals surface area contributed by atoms with Crippen LogP contribution < -0.4 is 5.32 Å². The van der Waals surface area contributed by atoms with Crippen LogP contribution in [0.4, 0.5) is 0 Å². The molecular weight excluding hydrogens is 200 g/mol. The van der Waals surface area contributed by atoms with E-state index in [0.717, 1.165) is 6.54 Å². The Balaban J connectivity index is 2.51. The number of pyridine rings is 1. The van der Waals surface area contributed by atoms with E-state index in [-0.39, 0.29) is 0 Å². The molecular formula is C12H16N4. The number of rotatable bonds is 3. The lowest BCUT2D eigenvalue weighted by atomic mass is 10.0. The second kappa shape index (κ2) is 4.45. The Bertz CT molecular complexity index is 488. The monoisotopic (exact) mass is 216 g/mol. The largest absolute Gasteiger partial charge is 0.316 e. The smallest absolute Gasteiger partial charge is 0.0571 e. The maximum absolute atomic E-state index is 4.27. The third kappa shape index (κ3) is 1.84. The Labute approximate surface area is 95.3 Å². The third-order valence-electron chi connectivity index (χ3n) is 2.80. The van der Waals surface area contributed by atoms with Gasteiger partial charge in [0.15, 0.2) is 0 Å². The van der Waals surface area contributed by atoms with Crippen molar-refractivity contribution in [1.82, 2.24) is 20.1 Å². The first-order valence-corrected chi connectivity index (χ1v) is 5.30. The highest BCUT2D eigenvalue weighted by molar-refractivity contribution is 5.68. The first-order chi connectivity index (χ1) is 7.74. The molecule has 2 aromatic heterocycles. The molecule has 2 rings (SSSR count). The van der Waals surface area contributed by atoms with E-state index in [9.17, 15) is 0 Å². The molecule has 4 nitrogen and oxygen atoms in total. The molecule has 0 unspecified atom stereocenters. The fourth-order valence-corrected chi connectivity index (χ4v) is 1.78. The summed E-state index contributed by atoms with van der Waals surface area (Å²) in [5.74, 6) is 0. The quantitative estimate of drug-likeness (QED) is 0.845. The molecule has 2 heterocycles. The van der Waals surface area contributed by atoms with E-state index in [0.29, 0.717) is 0 Å². The fourth-order valence-electron chi connectivity index (χ4n) is 1.78. The minimum Gasteiger partial charge on any atom is -0.316 e. The highest BCUT2D eigenvalue weighted by atomic mass is 15.3. The molecule has 1 N–H and O–H groups in total. The van der Waals surface area contributed by atoms with Crippen molar-refractivity contribution in [2.75, 3.05) is 7.05 Å². The standard InChI is InChI=1S/C12H16N4/c1-9-12(8-15-16(9)3)11-4-5-14-7-10(11)6-13-2/h4-5,7-8,13H,6H2,1-3H3. The molecule has 0 radical (unpaired) electrons. The van der Waals surface area contributed by atoms with Crippen LogP contribution in [0, 0.1) is 6.92 Å². The summed E-state index contributed by atoms with van der Waals surface area (Å²) in [4.78, 5) is 4.16. The maximum Gasteiger partial charge on any atom is 0.0571 e. The van der Waals surface area contributed by atoms with E-state index in [4.69, 9.17) is 0 Å². The predicted molar refractivity (Wildman–Crippen MR) is 63.9 cm³/mol. The van der Waals surface area contributed by atoms with Crippen molar-refractivity contribution in [2.24, 2.45) is 7.05 Å². The summed E-state index contributed by atoms with van der Waals surface area (Å²) in [7, 11) is 3.89. The van der Waals surface area contributed by atoms with Crippen LogP contribution in [0.3, 0.4) is 0 Å². The Kier molecular flexibility index (Phi) is 3.01. The van der Waals surface area contributed by atoms with E-state index < -0.39 is 0 Å². The van der Waals surface area contributed by atoms with Gasteiger partial charge in [0, 0.05) is 37.2 Å². The van der Waals surface area contributed by atoms with Crippen molar-refractivity contribution < 1.29 is 0 Å². The van der Waals surface area contributed by atoms with Crippen molar-refractivity contribution in [3.63, 3.8) is 0 Å². The van der Waals surface area contributed by atoms with Crippen LogP contribution in [-0.2, 0) is 13.6 Å². The summed E-state index contributed by atoms with van der Waals surface area (Å²) in [6, 6.07) is 2.04. The Morgan fingerprint density at radius 3 is 2.75 bits per heavy atom. The zero-order valence-corrected chi connectivity index (χ0v) is 9.86. The Morgan fingerprint density at radius 1 is 1.31 bits per heavy atom. The van der Waals surface area contributed by atoms with Gasteiger partial charge in [-0.1, -0.05) is 0 Å². The summed E-state index contributed by atoms with van der Waals surface area (Å²) >= 11 is 0. The van der Waals surface area contributed by atoms with Crippen molar-refractivity contribution in [3.05, 3.63) is 35.9 Å². The molecule has 2 aromatic rings. The SMILES string of the molecule is CNCc1cnccc1-c1cnn(C)c1C. The van der Waals surface area contributed by atoms with Crippen molar-refractivity contribution in [3.8, 4) is 11.1 Å². The van der Waals surface area contributed by atoms with Crippen molar-refractivity contribution in [1.29, 1.82) is 0 Å². The number of nitrogens with zero attached hydrogens (tertiary/aromatic N) is 3.